The van der Waals surface area contributed by atoms with Crippen molar-refractivity contribution in [2.24, 2.45) is 5.10 Å². The molecule has 1 aromatic rings. The molecule has 1 N–H and O–H groups in total. The predicted octanol–water partition coefficient (Wildman–Crippen LogP) is 2.89. The average molecular weight is 341 g/mol. The van der Waals surface area contributed by atoms with Crippen LogP contribution in [0.25, 0.3) is 0 Å². The monoisotopic (exact) mass is 341 g/mol. The molecule has 1 saturated heterocycles. The molecule has 1 aromatic carbocycles. The van der Waals surface area contributed by atoms with Crippen LogP contribution in [0.3, 0.4) is 0 Å². The van der Waals surface area contributed by atoms with E-state index in [1.807, 2.05) is 0 Å². The summed E-state index contributed by atoms with van der Waals surface area (Å²) in [5.41, 5.74) is 1.89. The number of carbonyl (C=O) groups is 1. The van der Waals surface area contributed by atoms with Gasteiger partial charge >= 0.3 is 6.18 Å². The van der Waals surface area contributed by atoms with Crippen LogP contribution in [-0.2, 0) is 15.7 Å². The van der Waals surface area contributed by atoms with E-state index in [1.165, 1.54) is 6.07 Å². The van der Waals surface area contributed by atoms with E-state index in [2.05, 4.69) is 10.5 Å². The fraction of sp³-hybridized carbons (Fsp3) is 0.500. The second-order valence-electron chi connectivity index (χ2n) is 5.87. The van der Waals surface area contributed by atoms with Gasteiger partial charge in [0.05, 0.1) is 5.56 Å². The maximum absolute atomic E-state index is 13.5. The Labute approximate surface area is 137 Å². The third kappa shape index (κ3) is 3.63. The normalized spacial score (nSPS) is 19.2. The summed E-state index contributed by atoms with van der Waals surface area (Å²) in [6.45, 7) is 0.986. The van der Waals surface area contributed by atoms with Gasteiger partial charge < -0.3 is 9.64 Å². The first kappa shape index (κ1) is 16.6. The van der Waals surface area contributed by atoms with Gasteiger partial charge in [-0.25, -0.2) is 5.43 Å². The molecule has 8 heteroatoms. The Kier molecular flexibility index (Phi) is 4.64. The first-order valence-electron chi connectivity index (χ1n) is 7.91. The first-order chi connectivity index (χ1) is 11.4. The Morgan fingerprint density at radius 2 is 1.83 bits per heavy atom. The molecule has 0 aliphatic carbocycles. The van der Waals surface area contributed by atoms with Crippen molar-refractivity contribution in [2.45, 2.75) is 31.9 Å². The van der Waals surface area contributed by atoms with Crippen LogP contribution in [0, 0.1) is 0 Å². The van der Waals surface area contributed by atoms with Crippen LogP contribution in [0.15, 0.2) is 23.3 Å². The summed E-state index contributed by atoms with van der Waals surface area (Å²) >= 11 is 0. The summed E-state index contributed by atoms with van der Waals surface area (Å²) < 4.78 is 45.7. The smallest absolute Gasteiger partial charge is 0.418 e. The highest BCUT2D eigenvalue weighted by Gasteiger charge is 2.36. The standard InChI is InChI=1S/C16H18F3N3O2/c17-16(18,19)12-9-11(15-21-20-14(23)10-24-15)5-6-13(12)22-7-3-1-2-4-8-22/h5-6,9H,1-4,7-8,10H2,(H,20,23). The number of nitrogens with zero attached hydrogens (tertiary/aromatic N) is 2. The molecule has 130 valence electrons. The molecule has 1 amide bonds. The molecular formula is C16H18F3N3O2. The molecule has 0 aromatic heterocycles. The second kappa shape index (κ2) is 6.70. The Balaban J connectivity index is 1.96. The summed E-state index contributed by atoms with van der Waals surface area (Å²) in [5.74, 6) is -0.446. The lowest BCUT2D eigenvalue weighted by molar-refractivity contribution is -0.137. The zero-order chi connectivity index (χ0) is 17.2. The first-order valence-corrected chi connectivity index (χ1v) is 7.91. The Morgan fingerprint density at radius 3 is 2.42 bits per heavy atom. The molecule has 0 bridgehead atoms. The van der Waals surface area contributed by atoms with E-state index < -0.39 is 17.6 Å². The SMILES string of the molecule is O=C1COC(c2ccc(N3CCCCCC3)c(C(F)(F)F)c2)=NN1. The fourth-order valence-corrected chi connectivity index (χ4v) is 2.94. The Morgan fingerprint density at radius 1 is 1.12 bits per heavy atom. The number of alkyl halides is 3. The lowest BCUT2D eigenvalue weighted by atomic mass is 10.1. The summed E-state index contributed by atoms with van der Waals surface area (Å²) in [7, 11) is 0. The number of amides is 1. The van der Waals surface area contributed by atoms with Gasteiger partial charge in [0.2, 0.25) is 5.90 Å². The molecule has 0 atom stereocenters. The second-order valence-corrected chi connectivity index (χ2v) is 5.87. The van der Waals surface area contributed by atoms with Crippen molar-refractivity contribution in [1.82, 2.24) is 5.43 Å². The van der Waals surface area contributed by atoms with E-state index in [0.717, 1.165) is 31.7 Å². The average Bonchev–Trinajstić information content (AvgIpc) is 2.83. The van der Waals surface area contributed by atoms with Gasteiger partial charge in [0.15, 0.2) is 6.61 Å². The minimum atomic E-state index is -4.48. The third-order valence-electron chi connectivity index (χ3n) is 4.12. The van der Waals surface area contributed by atoms with Crippen LogP contribution < -0.4 is 10.3 Å². The molecule has 1 fully saturated rings. The van der Waals surface area contributed by atoms with Gasteiger partial charge in [-0.3, -0.25) is 4.79 Å². The van der Waals surface area contributed by atoms with Gasteiger partial charge in [-0.15, -0.1) is 5.10 Å². The number of nitrogens with one attached hydrogen (secondary N) is 1. The van der Waals surface area contributed by atoms with E-state index in [4.69, 9.17) is 4.74 Å². The van der Waals surface area contributed by atoms with Crippen LogP contribution in [0.5, 0.6) is 0 Å². The quantitative estimate of drug-likeness (QED) is 0.900. The molecule has 0 unspecified atom stereocenters. The third-order valence-corrected chi connectivity index (χ3v) is 4.12. The van der Waals surface area contributed by atoms with Crippen LogP contribution in [0.1, 0.15) is 36.8 Å². The van der Waals surface area contributed by atoms with Gasteiger partial charge in [-0.05, 0) is 31.0 Å². The van der Waals surface area contributed by atoms with Crippen molar-refractivity contribution in [3.8, 4) is 0 Å². The van der Waals surface area contributed by atoms with E-state index in [0.29, 0.717) is 13.1 Å². The highest BCUT2D eigenvalue weighted by molar-refractivity contribution is 5.98. The minimum absolute atomic E-state index is 0.0116. The van der Waals surface area contributed by atoms with Crippen molar-refractivity contribution in [3.63, 3.8) is 0 Å². The van der Waals surface area contributed by atoms with Crippen LogP contribution in [0.2, 0.25) is 0 Å². The van der Waals surface area contributed by atoms with E-state index >= 15 is 0 Å². The van der Waals surface area contributed by atoms with Crippen LogP contribution >= 0.6 is 0 Å². The number of anilines is 1. The zero-order valence-electron chi connectivity index (χ0n) is 13.0. The number of hydrazone groups is 1. The van der Waals surface area contributed by atoms with Crippen LogP contribution in [0.4, 0.5) is 18.9 Å². The van der Waals surface area contributed by atoms with Gasteiger partial charge in [0, 0.05) is 24.3 Å². The summed E-state index contributed by atoms with van der Waals surface area (Å²) in [6, 6.07) is 4.05. The molecule has 24 heavy (non-hydrogen) atoms. The lowest BCUT2D eigenvalue weighted by Gasteiger charge is -2.27. The summed E-state index contributed by atoms with van der Waals surface area (Å²) in [6.07, 6.45) is -0.613. The number of carbonyl (C=O) groups excluding carboxylic acids is 1. The molecule has 2 aliphatic rings. The van der Waals surface area contributed by atoms with Gasteiger partial charge in [0.1, 0.15) is 0 Å². The van der Waals surface area contributed by atoms with Crippen molar-refractivity contribution in [1.29, 1.82) is 0 Å². The van der Waals surface area contributed by atoms with Crippen molar-refractivity contribution < 1.29 is 22.7 Å². The van der Waals surface area contributed by atoms with E-state index in [9.17, 15) is 18.0 Å². The van der Waals surface area contributed by atoms with Crippen LogP contribution in [-0.4, -0.2) is 31.5 Å². The summed E-state index contributed by atoms with van der Waals surface area (Å²) in [5, 5.41) is 3.68. The lowest BCUT2D eigenvalue weighted by Crippen LogP contribution is -2.32. The van der Waals surface area contributed by atoms with Gasteiger partial charge in [0.25, 0.3) is 5.91 Å². The number of ether oxygens (including phenoxy) is 1. The van der Waals surface area contributed by atoms with Crippen molar-refractivity contribution in [3.05, 3.63) is 29.3 Å². The number of rotatable bonds is 2. The Hall–Kier alpha value is -2.25. The number of hydrogen-bond donors (Lipinski definition) is 1. The number of halogens is 3. The highest BCUT2D eigenvalue weighted by atomic mass is 19.4. The highest BCUT2D eigenvalue weighted by Crippen LogP contribution is 2.38. The molecule has 5 nitrogen and oxygen atoms in total. The molecule has 3 rings (SSSR count). The number of benzene rings is 1. The maximum Gasteiger partial charge on any atom is 0.418 e. The molecular weight excluding hydrogens is 323 g/mol. The van der Waals surface area contributed by atoms with E-state index in [1.54, 1.807) is 11.0 Å². The largest absolute Gasteiger partial charge is 0.466 e. The molecule has 0 spiro atoms. The van der Waals surface area contributed by atoms with Gasteiger partial charge in [-0.2, -0.15) is 13.2 Å². The predicted molar refractivity (Wildman–Crippen MR) is 82.8 cm³/mol. The topological polar surface area (TPSA) is 53.9 Å². The Bertz CT molecular complexity index is 650. The number of hydrogen-bond acceptors (Lipinski definition) is 4. The fourth-order valence-electron chi connectivity index (χ4n) is 2.94. The van der Waals surface area contributed by atoms with Crippen molar-refractivity contribution in [2.75, 3.05) is 24.6 Å². The zero-order valence-corrected chi connectivity index (χ0v) is 13.0. The molecule has 0 saturated carbocycles. The summed E-state index contributed by atoms with van der Waals surface area (Å²) in [4.78, 5) is 12.8. The van der Waals surface area contributed by atoms with Crippen molar-refractivity contribution >= 4 is 17.5 Å². The molecule has 0 radical (unpaired) electrons. The maximum atomic E-state index is 13.5. The molecule has 2 aliphatic heterocycles. The minimum Gasteiger partial charge on any atom is -0.466 e. The molecule has 2 heterocycles. The van der Waals surface area contributed by atoms with E-state index in [-0.39, 0.29) is 23.8 Å². The van der Waals surface area contributed by atoms with Gasteiger partial charge in [-0.1, -0.05) is 12.8 Å².